The van der Waals surface area contributed by atoms with Crippen LogP contribution in [0.5, 0.6) is 0 Å². The van der Waals surface area contributed by atoms with E-state index in [1.807, 2.05) is 0 Å². The largest absolute Gasteiger partial charge is 0.323 e. The zero-order chi connectivity index (χ0) is 9.97. The van der Waals surface area contributed by atoms with Crippen molar-refractivity contribution in [1.29, 1.82) is 0 Å². The summed E-state index contributed by atoms with van der Waals surface area (Å²) in [5.41, 5.74) is 7.70. The van der Waals surface area contributed by atoms with Gasteiger partial charge in [-0.1, -0.05) is 0 Å². The first-order chi connectivity index (χ1) is 6.75. The van der Waals surface area contributed by atoms with E-state index in [1.165, 1.54) is 16.1 Å². The zero-order valence-corrected chi connectivity index (χ0v) is 8.48. The number of nitrogens with two attached hydrogens (primary N) is 1. The van der Waals surface area contributed by atoms with Crippen molar-refractivity contribution in [3.05, 3.63) is 22.4 Å². The minimum atomic E-state index is -0.0910. The molecule has 0 fully saturated rings. The first-order valence-corrected chi connectivity index (χ1v) is 5.00. The number of aryl methyl sites for hydroxylation is 1. The molecule has 2 N–H and O–H groups in total. The predicted molar refractivity (Wildman–Crippen MR) is 51.5 cm³/mol. The molecule has 1 unspecified atom stereocenters. The fourth-order valence-electron chi connectivity index (χ4n) is 1.11. The molecule has 0 aliphatic rings. The molecule has 0 bridgehead atoms. The molecule has 0 aromatic carbocycles. The van der Waals surface area contributed by atoms with Crippen LogP contribution in [0, 0.1) is 0 Å². The molecular weight excluding hydrogens is 200 g/mol. The van der Waals surface area contributed by atoms with E-state index in [1.54, 1.807) is 18.8 Å². The normalized spacial score (nSPS) is 13.0. The number of hydrogen-bond donors (Lipinski definition) is 1. The summed E-state index contributed by atoms with van der Waals surface area (Å²) in [7, 11) is 1.73. The minimum Gasteiger partial charge on any atom is -0.323 e. The third kappa shape index (κ3) is 1.94. The maximum absolute atomic E-state index is 5.93. The highest BCUT2D eigenvalue weighted by Crippen LogP contribution is 2.17. The van der Waals surface area contributed by atoms with Crippen molar-refractivity contribution >= 4 is 11.3 Å². The second kappa shape index (κ2) is 3.81. The van der Waals surface area contributed by atoms with Gasteiger partial charge in [-0.25, -0.2) is 0 Å². The van der Waals surface area contributed by atoms with E-state index in [0.717, 1.165) is 4.88 Å². The lowest BCUT2D eigenvalue weighted by Gasteiger charge is -2.04. The Morgan fingerprint density at radius 1 is 1.64 bits per heavy atom. The van der Waals surface area contributed by atoms with Gasteiger partial charge in [-0.05, 0) is 5.21 Å². The Morgan fingerprint density at radius 2 is 2.50 bits per heavy atom. The number of rotatable bonds is 3. The van der Waals surface area contributed by atoms with Crippen molar-refractivity contribution in [2.45, 2.75) is 12.5 Å². The van der Waals surface area contributed by atoms with Gasteiger partial charge in [0.05, 0.1) is 12.6 Å². The molecular formula is C7H10N6S. The summed E-state index contributed by atoms with van der Waals surface area (Å²) in [6, 6.07) is -0.0910. The molecule has 0 aliphatic heterocycles. The van der Waals surface area contributed by atoms with Crippen LogP contribution in [0.3, 0.4) is 0 Å². The number of thiazole rings is 1. The summed E-state index contributed by atoms with van der Waals surface area (Å²) in [4.78, 5) is 6.43. The van der Waals surface area contributed by atoms with Gasteiger partial charge in [-0.2, -0.15) is 4.80 Å². The zero-order valence-electron chi connectivity index (χ0n) is 7.66. The van der Waals surface area contributed by atoms with E-state index in [-0.39, 0.29) is 6.04 Å². The van der Waals surface area contributed by atoms with Crippen molar-refractivity contribution in [3.8, 4) is 0 Å². The van der Waals surface area contributed by atoms with Crippen molar-refractivity contribution in [1.82, 2.24) is 25.2 Å². The smallest absolute Gasteiger partial charge is 0.176 e. The number of hydrogen-bond acceptors (Lipinski definition) is 6. The maximum atomic E-state index is 5.93. The lowest BCUT2D eigenvalue weighted by atomic mass is 10.2. The van der Waals surface area contributed by atoms with Gasteiger partial charge in [0.1, 0.15) is 0 Å². The van der Waals surface area contributed by atoms with Crippen LogP contribution in [0.25, 0.3) is 0 Å². The molecule has 0 saturated carbocycles. The van der Waals surface area contributed by atoms with Crippen LogP contribution in [0.15, 0.2) is 11.7 Å². The Labute approximate surface area is 84.8 Å². The van der Waals surface area contributed by atoms with Gasteiger partial charge in [-0.15, -0.1) is 21.5 Å². The fourth-order valence-corrected chi connectivity index (χ4v) is 1.73. The standard InChI is InChI=1S/C7H10N6S/c1-13-11-7(10-12-13)2-5(8)6-3-9-4-14-6/h3-5H,2,8H2,1H3. The molecule has 0 spiro atoms. The van der Waals surface area contributed by atoms with Crippen LogP contribution in [-0.4, -0.2) is 25.2 Å². The minimum absolute atomic E-state index is 0.0910. The van der Waals surface area contributed by atoms with Gasteiger partial charge in [-0.3, -0.25) is 4.98 Å². The lowest BCUT2D eigenvalue weighted by Crippen LogP contribution is -2.13. The van der Waals surface area contributed by atoms with Gasteiger partial charge in [0.25, 0.3) is 0 Å². The summed E-state index contributed by atoms with van der Waals surface area (Å²) in [5.74, 6) is 0.661. The highest BCUT2D eigenvalue weighted by atomic mass is 32.1. The molecule has 0 aliphatic carbocycles. The monoisotopic (exact) mass is 210 g/mol. The summed E-state index contributed by atoms with van der Waals surface area (Å²) in [6.45, 7) is 0. The fraction of sp³-hybridized carbons (Fsp3) is 0.429. The van der Waals surface area contributed by atoms with Crippen LogP contribution in [-0.2, 0) is 13.5 Å². The molecule has 0 radical (unpaired) electrons. The summed E-state index contributed by atoms with van der Waals surface area (Å²) in [5, 5.41) is 11.7. The Balaban J connectivity index is 2.05. The van der Waals surface area contributed by atoms with Crippen molar-refractivity contribution in [2.75, 3.05) is 0 Å². The lowest BCUT2D eigenvalue weighted by molar-refractivity contribution is 0.623. The maximum Gasteiger partial charge on any atom is 0.176 e. The molecule has 2 rings (SSSR count). The average molecular weight is 210 g/mol. The Bertz CT molecular complexity index is 394. The van der Waals surface area contributed by atoms with Crippen LogP contribution >= 0.6 is 11.3 Å². The molecule has 2 aromatic heterocycles. The van der Waals surface area contributed by atoms with Gasteiger partial charge in [0.2, 0.25) is 0 Å². The second-order valence-corrected chi connectivity index (χ2v) is 3.83. The molecule has 14 heavy (non-hydrogen) atoms. The summed E-state index contributed by atoms with van der Waals surface area (Å²) in [6.07, 6.45) is 2.36. The Morgan fingerprint density at radius 3 is 3.07 bits per heavy atom. The van der Waals surface area contributed by atoms with E-state index in [4.69, 9.17) is 5.73 Å². The van der Waals surface area contributed by atoms with E-state index in [2.05, 4.69) is 20.4 Å². The van der Waals surface area contributed by atoms with E-state index in [0.29, 0.717) is 12.2 Å². The molecule has 2 aromatic rings. The van der Waals surface area contributed by atoms with Crippen molar-refractivity contribution in [2.24, 2.45) is 12.8 Å². The summed E-state index contributed by atoms with van der Waals surface area (Å²) >= 11 is 1.54. The predicted octanol–water partition coefficient (Wildman–Crippen LogP) is -0.0909. The topological polar surface area (TPSA) is 82.5 Å². The van der Waals surface area contributed by atoms with Gasteiger partial charge in [0.15, 0.2) is 5.82 Å². The van der Waals surface area contributed by atoms with Crippen LogP contribution in [0.4, 0.5) is 0 Å². The first-order valence-electron chi connectivity index (χ1n) is 4.12. The highest BCUT2D eigenvalue weighted by molar-refractivity contribution is 7.09. The van der Waals surface area contributed by atoms with Crippen LogP contribution in [0.1, 0.15) is 16.7 Å². The molecule has 2 heterocycles. The Kier molecular flexibility index (Phi) is 2.51. The van der Waals surface area contributed by atoms with E-state index in [9.17, 15) is 0 Å². The molecule has 74 valence electrons. The molecule has 6 nitrogen and oxygen atoms in total. The van der Waals surface area contributed by atoms with E-state index < -0.39 is 0 Å². The molecule has 7 heteroatoms. The number of aromatic nitrogens is 5. The van der Waals surface area contributed by atoms with Gasteiger partial charge < -0.3 is 5.73 Å². The molecule has 0 saturated heterocycles. The summed E-state index contributed by atoms with van der Waals surface area (Å²) < 4.78 is 0. The SMILES string of the molecule is Cn1nnc(CC(N)c2cncs2)n1. The number of tetrazole rings is 1. The van der Waals surface area contributed by atoms with Gasteiger partial charge >= 0.3 is 0 Å². The molecule has 1 atom stereocenters. The third-order valence-corrected chi connectivity index (χ3v) is 2.68. The molecule has 0 amide bonds. The number of nitrogens with zero attached hydrogens (tertiary/aromatic N) is 5. The van der Waals surface area contributed by atoms with E-state index >= 15 is 0 Å². The second-order valence-electron chi connectivity index (χ2n) is 2.91. The third-order valence-electron chi connectivity index (χ3n) is 1.77. The Hall–Kier alpha value is -1.34. The van der Waals surface area contributed by atoms with Crippen LogP contribution < -0.4 is 5.73 Å². The van der Waals surface area contributed by atoms with Crippen molar-refractivity contribution in [3.63, 3.8) is 0 Å². The highest BCUT2D eigenvalue weighted by Gasteiger charge is 2.11. The van der Waals surface area contributed by atoms with Gasteiger partial charge in [0, 0.05) is 23.5 Å². The van der Waals surface area contributed by atoms with Crippen LogP contribution in [0.2, 0.25) is 0 Å². The quantitative estimate of drug-likeness (QED) is 0.765. The van der Waals surface area contributed by atoms with Crippen molar-refractivity contribution < 1.29 is 0 Å². The average Bonchev–Trinajstić information content (AvgIpc) is 2.75. The first kappa shape index (κ1) is 9.22.